The van der Waals surface area contributed by atoms with Gasteiger partial charge in [-0.05, 0) is 31.7 Å². The topological polar surface area (TPSA) is 35.8 Å². The summed E-state index contributed by atoms with van der Waals surface area (Å²) in [5, 5.41) is 12.7. The fourth-order valence-electron chi connectivity index (χ4n) is 2.59. The van der Waals surface area contributed by atoms with E-state index in [9.17, 15) is 0 Å². The van der Waals surface area contributed by atoms with Crippen molar-refractivity contribution < 1.29 is 0 Å². The summed E-state index contributed by atoms with van der Waals surface area (Å²) in [6.45, 7) is 1.13. The maximum atomic E-state index is 9.12. The first-order valence-electron chi connectivity index (χ1n) is 6.53. The van der Waals surface area contributed by atoms with Crippen LogP contribution in [0.4, 0.5) is 0 Å². The van der Waals surface area contributed by atoms with E-state index >= 15 is 0 Å². The van der Waals surface area contributed by atoms with Crippen molar-refractivity contribution in [1.29, 1.82) is 5.26 Å². The van der Waals surface area contributed by atoms with Crippen molar-refractivity contribution in [3.63, 3.8) is 0 Å². The monoisotopic (exact) mass is 206 g/mol. The van der Waals surface area contributed by atoms with E-state index in [2.05, 4.69) is 11.4 Å². The van der Waals surface area contributed by atoms with Gasteiger partial charge >= 0.3 is 0 Å². The number of nitriles is 1. The first-order chi connectivity index (χ1) is 7.40. The average molecular weight is 206 g/mol. The Hall–Kier alpha value is -0.550. The molecule has 84 valence electrons. The zero-order valence-electron chi connectivity index (χ0n) is 9.54. The van der Waals surface area contributed by atoms with Crippen LogP contribution in [-0.2, 0) is 0 Å². The fraction of sp³-hybridized carbons (Fsp3) is 0.923. The van der Waals surface area contributed by atoms with Crippen LogP contribution in [0, 0.1) is 23.2 Å². The standard InChI is InChI=1S/C13H22N2/c14-10-12-4-2-1-3-5-13(12)15-9-8-11-6-7-11/h11-13,15H,1-9H2. The summed E-state index contributed by atoms with van der Waals surface area (Å²) in [4.78, 5) is 0. The van der Waals surface area contributed by atoms with Gasteiger partial charge in [-0.25, -0.2) is 0 Å². The highest BCUT2D eigenvalue weighted by molar-refractivity contribution is 4.93. The quantitative estimate of drug-likeness (QED) is 0.718. The van der Waals surface area contributed by atoms with Gasteiger partial charge < -0.3 is 5.32 Å². The molecule has 2 saturated carbocycles. The summed E-state index contributed by atoms with van der Waals surface area (Å²) in [6, 6.07) is 2.97. The van der Waals surface area contributed by atoms with Gasteiger partial charge in [0.25, 0.3) is 0 Å². The third-order valence-electron chi connectivity index (χ3n) is 3.84. The van der Waals surface area contributed by atoms with Gasteiger partial charge in [0.05, 0.1) is 12.0 Å². The molecule has 0 aromatic rings. The molecule has 2 nitrogen and oxygen atoms in total. The van der Waals surface area contributed by atoms with Crippen molar-refractivity contribution in [3.05, 3.63) is 0 Å². The highest BCUT2D eigenvalue weighted by atomic mass is 14.9. The molecule has 2 aliphatic carbocycles. The lowest BCUT2D eigenvalue weighted by Gasteiger charge is -2.20. The molecule has 0 heterocycles. The molecule has 0 aliphatic heterocycles. The Labute approximate surface area is 93.0 Å². The summed E-state index contributed by atoms with van der Waals surface area (Å²) >= 11 is 0. The van der Waals surface area contributed by atoms with Crippen LogP contribution >= 0.6 is 0 Å². The third-order valence-corrected chi connectivity index (χ3v) is 3.84. The van der Waals surface area contributed by atoms with Crippen molar-refractivity contribution in [2.45, 2.75) is 57.4 Å². The molecular weight excluding hydrogens is 184 g/mol. The number of rotatable bonds is 4. The van der Waals surface area contributed by atoms with Crippen LogP contribution in [0.5, 0.6) is 0 Å². The molecule has 2 heteroatoms. The van der Waals surface area contributed by atoms with Gasteiger partial charge in [0.1, 0.15) is 0 Å². The summed E-state index contributed by atoms with van der Waals surface area (Å²) in [5.41, 5.74) is 0. The van der Waals surface area contributed by atoms with Crippen molar-refractivity contribution in [2.24, 2.45) is 11.8 Å². The highest BCUT2D eigenvalue weighted by Crippen LogP contribution is 2.32. The van der Waals surface area contributed by atoms with Gasteiger partial charge in [-0.3, -0.25) is 0 Å². The van der Waals surface area contributed by atoms with Gasteiger partial charge in [0, 0.05) is 6.04 Å². The number of hydrogen-bond acceptors (Lipinski definition) is 2. The normalized spacial score (nSPS) is 31.9. The molecule has 0 spiro atoms. The summed E-state index contributed by atoms with van der Waals surface area (Å²) in [5.74, 6) is 1.27. The minimum atomic E-state index is 0.270. The van der Waals surface area contributed by atoms with E-state index in [0.717, 1.165) is 18.9 Å². The molecule has 2 aliphatic rings. The molecule has 0 amide bonds. The van der Waals surface area contributed by atoms with E-state index in [0.29, 0.717) is 6.04 Å². The van der Waals surface area contributed by atoms with Crippen LogP contribution < -0.4 is 5.32 Å². The first kappa shape index (κ1) is 11.0. The first-order valence-corrected chi connectivity index (χ1v) is 6.53. The van der Waals surface area contributed by atoms with Crippen LogP contribution in [0.3, 0.4) is 0 Å². The van der Waals surface area contributed by atoms with Crippen LogP contribution in [0.1, 0.15) is 51.4 Å². The Morgan fingerprint density at radius 3 is 2.60 bits per heavy atom. The lowest BCUT2D eigenvalue weighted by Crippen LogP contribution is -2.35. The predicted octanol–water partition coefficient (Wildman–Crippen LogP) is 2.85. The molecule has 2 atom stereocenters. The Balaban J connectivity index is 1.72. The molecule has 0 saturated heterocycles. The molecule has 0 bridgehead atoms. The maximum Gasteiger partial charge on any atom is 0.0672 e. The molecule has 1 N–H and O–H groups in total. The molecular formula is C13H22N2. The number of hydrogen-bond donors (Lipinski definition) is 1. The lowest BCUT2D eigenvalue weighted by molar-refractivity contribution is 0.389. The third kappa shape index (κ3) is 3.50. The van der Waals surface area contributed by atoms with Crippen molar-refractivity contribution >= 4 is 0 Å². The van der Waals surface area contributed by atoms with Crippen LogP contribution in [0.2, 0.25) is 0 Å². The molecule has 0 radical (unpaired) electrons. The Kier molecular flexibility index (Phi) is 4.02. The average Bonchev–Trinajstić information content (AvgIpc) is 3.05. The van der Waals surface area contributed by atoms with E-state index in [-0.39, 0.29) is 5.92 Å². The van der Waals surface area contributed by atoms with Crippen molar-refractivity contribution in [1.82, 2.24) is 5.32 Å². The zero-order chi connectivity index (χ0) is 10.5. The molecule has 2 fully saturated rings. The number of nitrogens with one attached hydrogen (secondary N) is 1. The second-order valence-electron chi connectivity index (χ2n) is 5.17. The Morgan fingerprint density at radius 1 is 1.07 bits per heavy atom. The molecule has 0 aromatic heterocycles. The van der Waals surface area contributed by atoms with E-state index in [4.69, 9.17) is 5.26 Å². The van der Waals surface area contributed by atoms with Crippen LogP contribution in [0.25, 0.3) is 0 Å². The maximum absolute atomic E-state index is 9.12. The zero-order valence-corrected chi connectivity index (χ0v) is 9.54. The van der Waals surface area contributed by atoms with E-state index < -0.39 is 0 Å². The van der Waals surface area contributed by atoms with Gasteiger partial charge in [-0.2, -0.15) is 5.26 Å². The second-order valence-corrected chi connectivity index (χ2v) is 5.17. The molecule has 0 aromatic carbocycles. The highest BCUT2D eigenvalue weighted by Gasteiger charge is 2.24. The lowest BCUT2D eigenvalue weighted by atomic mass is 9.96. The Bertz CT molecular complexity index is 227. The van der Waals surface area contributed by atoms with Crippen molar-refractivity contribution in [2.75, 3.05) is 6.54 Å². The van der Waals surface area contributed by atoms with Gasteiger partial charge in [0.15, 0.2) is 0 Å². The summed E-state index contributed by atoms with van der Waals surface area (Å²) in [7, 11) is 0. The van der Waals surface area contributed by atoms with Crippen LogP contribution in [-0.4, -0.2) is 12.6 Å². The van der Waals surface area contributed by atoms with Gasteiger partial charge in [-0.1, -0.05) is 32.1 Å². The van der Waals surface area contributed by atoms with E-state index in [1.54, 1.807) is 0 Å². The van der Waals surface area contributed by atoms with Gasteiger partial charge in [-0.15, -0.1) is 0 Å². The minimum absolute atomic E-state index is 0.270. The van der Waals surface area contributed by atoms with Gasteiger partial charge in [0.2, 0.25) is 0 Å². The molecule has 15 heavy (non-hydrogen) atoms. The smallest absolute Gasteiger partial charge is 0.0672 e. The molecule has 2 unspecified atom stereocenters. The SMILES string of the molecule is N#CC1CCCCCC1NCCC1CC1. The van der Waals surface area contributed by atoms with E-state index in [1.165, 1.54) is 44.9 Å². The van der Waals surface area contributed by atoms with E-state index in [1.807, 2.05) is 0 Å². The molecule has 2 rings (SSSR count). The summed E-state index contributed by atoms with van der Waals surface area (Å²) in [6.07, 6.45) is 10.4. The second kappa shape index (κ2) is 5.51. The predicted molar refractivity (Wildman–Crippen MR) is 61.3 cm³/mol. The minimum Gasteiger partial charge on any atom is -0.313 e. The fourth-order valence-corrected chi connectivity index (χ4v) is 2.59. The number of nitrogens with zero attached hydrogens (tertiary/aromatic N) is 1. The Morgan fingerprint density at radius 2 is 1.87 bits per heavy atom. The summed E-state index contributed by atoms with van der Waals surface area (Å²) < 4.78 is 0. The van der Waals surface area contributed by atoms with Crippen LogP contribution in [0.15, 0.2) is 0 Å². The largest absolute Gasteiger partial charge is 0.313 e. The van der Waals surface area contributed by atoms with Crippen molar-refractivity contribution in [3.8, 4) is 6.07 Å².